The minimum Gasteiger partial charge on any atom is -0.365 e. The van der Waals surface area contributed by atoms with E-state index in [9.17, 15) is 0 Å². The van der Waals surface area contributed by atoms with Gasteiger partial charge in [0.15, 0.2) is 0 Å². The molecule has 0 amide bonds. The van der Waals surface area contributed by atoms with Crippen LogP contribution >= 0.6 is 0 Å². The fourth-order valence-electron chi connectivity index (χ4n) is 2.82. The second-order valence-corrected chi connectivity index (χ2v) is 5.50. The van der Waals surface area contributed by atoms with Gasteiger partial charge in [-0.2, -0.15) is 5.10 Å². The largest absolute Gasteiger partial charge is 0.365 e. The highest BCUT2D eigenvalue weighted by atomic mass is 15.3. The van der Waals surface area contributed by atoms with E-state index in [0.717, 1.165) is 43.5 Å². The van der Waals surface area contributed by atoms with E-state index >= 15 is 0 Å². The maximum Gasteiger partial charge on any atom is 0.225 e. The van der Waals surface area contributed by atoms with Crippen molar-refractivity contribution in [3.05, 3.63) is 61.2 Å². The molecule has 4 rings (SSSR count). The normalized spacial score (nSPS) is 15.0. The molecular formula is C17H18N6. The van der Waals surface area contributed by atoms with Crippen molar-refractivity contribution < 1.29 is 0 Å². The molecule has 0 radical (unpaired) electrons. The third kappa shape index (κ3) is 2.88. The molecule has 0 spiro atoms. The summed E-state index contributed by atoms with van der Waals surface area (Å²) in [5.41, 5.74) is 2.23. The fraction of sp³-hybridized carbons (Fsp3) is 0.235. The summed E-state index contributed by atoms with van der Waals surface area (Å²) < 4.78 is 1.92. The molecule has 2 aromatic heterocycles. The van der Waals surface area contributed by atoms with Gasteiger partial charge in [-0.05, 0) is 18.2 Å². The number of aromatic nitrogens is 4. The van der Waals surface area contributed by atoms with E-state index < -0.39 is 0 Å². The topological polar surface area (TPSA) is 50.1 Å². The van der Waals surface area contributed by atoms with Crippen LogP contribution in [0.25, 0.3) is 5.69 Å². The average Bonchev–Trinajstić information content (AvgIpc) is 3.14. The summed E-state index contributed by atoms with van der Waals surface area (Å²) in [6, 6.07) is 12.0. The van der Waals surface area contributed by atoms with Crippen molar-refractivity contribution in [1.82, 2.24) is 19.7 Å². The molecule has 1 aliphatic rings. The van der Waals surface area contributed by atoms with Gasteiger partial charge in [-0.3, -0.25) is 0 Å². The van der Waals surface area contributed by atoms with Crippen LogP contribution in [0.2, 0.25) is 0 Å². The predicted molar refractivity (Wildman–Crippen MR) is 90.0 cm³/mol. The molecule has 23 heavy (non-hydrogen) atoms. The lowest BCUT2D eigenvalue weighted by Gasteiger charge is -2.35. The molecule has 1 saturated heterocycles. The van der Waals surface area contributed by atoms with Crippen LogP contribution in [0.3, 0.4) is 0 Å². The molecule has 6 nitrogen and oxygen atoms in total. The van der Waals surface area contributed by atoms with Crippen LogP contribution in [0, 0.1) is 0 Å². The summed E-state index contributed by atoms with van der Waals surface area (Å²) >= 11 is 0. The zero-order chi connectivity index (χ0) is 15.5. The summed E-state index contributed by atoms with van der Waals surface area (Å²) in [4.78, 5) is 13.2. The fourth-order valence-corrected chi connectivity index (χ4v) is 2.82. The van der Waals surface area contributed by atoms with Crippen molar-refractivity contribution in [2.24, 2.45) is 0 Å². The Bertz CT molecular complexity index is 747. The molecule has 0 aliphatic carbocycles. The Balaban J connectivity index is 1.44. The van der Waals surface area contributed by atoms with Crippen LogP contribution in [0.5, 0.6) is 0 Å². The molecular weight excluding hydrogens is 288 g/mol. The summed E-state index contributed by atoms with van der Waals surface area (Å²) in [5.74, 6) is 0.812. The van der Waals surface area contributed by atoms with Gasteiger partial charge in [0.1, 0.15) is 0 Å². The van der Waals surface area contributed by atoms with E-state index in [2.05, 4.69) is 43.2 Å². The third-order valence-corrected chi connectivity index (χ3v) is 4.07. The van der Waals surface area contributed by atoms with Crippen LogP contribution in [-0.2, 0) is 0 Å². The highest BCUT2D eigenvalue weighted by Crippen LogP contribution is 2.19. The quantitative estimate of drug-likeness (QED) is 0.740. The van der Waals surface area contributed by atoms with Crippen LogP contribution in [0.4, 0.5) is 11.6 Å². The molecule has 6 heteroatoms. The van der Waals surface area contributed by atoms with Gasteiger partial charge in [0.05, 0.1) is 23.8 Å². The van der Waals surface area contributed by atoms with E-state index in [1.165, 1.54) is 0 Å². The maximum absolute atomic E-state index is 4.48. The van der Waals surface area contributed by atoms with E-state index in [1.54, 1.807) is 12.4 Å². The number of para-hydroxylation sites is 1. The molecule has 1 fully saturated rings. The zero-order valence-electron chi connectivity index (χ0n) is 12.8. The van der Waals surface area contributed by atoms with E-state index in [-0.39, 0.29) is 0 Å². The van der Waals surface area contributed by atoms with Crippen LogP contribution in [0.15, 0.2) is 61.2 Å². The van der Waals surface area contributed by atoms with Crippen LogP contribution < -0.4 is 9.80 Å². The van der Waals surface area contributed by atoms with Gasteiger partial charge in [0.25, 0.3) is 0 Å². The van der Waals surface area contributed by atoms with E-state index in [1.807, 2.05) is 35.1 Å². The number of hydrogen-bond acceptors (Lipinski definition) is 5. The Morgan fingerprint density at radius 3 is 2.17 bits per heavy atom. The number of piperazine rings is 1. The van der Waals surface area contributed by atoms with E-state index in [4.69, 9.17) is 0 Å². The number of benzene rings is 1. The molecule has 1 aromatic carbocycles. The monoisotopic (exact) mass is 306 g/mol. The Kier molecular flexibility index (Phi) is 3.63. The molecule has 3 heterocycles. The van der Waals surface area contributed by atoms with E-state index in [0.29, 0.717) is 0 Å². The highest BCUT2D eigenvalue weighted by Gasteiger charge is 2.19. The highest BCUT2D eigenvalue weighted by molar-refractivity contribution is 5.47. The van der Waals surface area contributed by atoms with Gasteiger partial charge in [-0.25, -0.2) is 14.6 Å². The SMILES string of the molecule is c1ccc(-n2cc(N3CCN(c4ncccn4)CC3)cn2)cc1. The third-order valence-electron chi connectivity index (χ3n) is 4.07. The van der Waals surface area contributed by atoms with Crippen molar-refractivity contribution in [2.75, 3.05) is 36.0 Å². The van der Waals surface area contributed by atoms with Gasteiger partial charge in [-0.15, -0.1) is 0 Å². The Morgan fingerprint density at radius 1 is 0.739 bits per heavy atom. The molecule has 3 aromatic rings. The average molecular weight is 306 g/mol. The van der Waals surface area contributed by atoms with Crippen molar-refractivity contribution in [3.8, 4) is 5.69 Å². The summed E-state index contributed by atoms with van der Waals surface area (Å²) in [6.45, 7) is 3.72. The minimum atomic E-state index is 0.812. The van der Waals surface area contributed by atoms with Crippen molar-refractivity contribution in [1.29, 1.82) is 0 Å². The molecule has 116 valence electrons. The van der Waals surface area contributed by atoms with Crippen molar-refractivity contribution in [3.63, 3.8) is 0 Å². The van der Waals surface area contributed by atoms with Gasteiger partial charge < -0.3 is 9.80 Å². The predicted octanol–water partition coefficient (Wildman–Crippen LogP) is 1.99. The summed E-state index contributed by atoms with van der Waals surface area (Å²) in [6.07, 6.45) is 7.60. The second kappa shape index (κ2) is 6.08. The lowest BCUT2D eigenvalue weighted by molar-refractivity contribution is 0.640. The first-order chi connectivity index (χ1) is 11.4. The minimum absolute atomic E-state index is 0.812. The molecule has 0 unspecified atom stereocenters. The number of rotatable bonds is 3. The Labute approximate surface area is 135 Å². The van der Waals surface area contributed by atoms with Crippen molar-refractivity contribution >= 4 is 11.6 Å². The second-order valence-electron chi connectivity index (χ2n) is 5.50. The summed E-state index contributed by atoms with van der Waals surface area (Å²) in [7, 11) is 0. The van der Waals surface area contributed by atoms with Gasteiger partial charge in [-0.1, -0.05) is 18.2 Å². The maximum atomic E-state index is 4.48. The van der Waals surface area contributed by atoms with Gasteiger partial charge in [0.2, 0.25) is 5.95 Å². The molecule has 0 atom stereocenters. The molecule has 0 N–H and O–H groups in total. The molecule has 0 saturated carbocycles. The summed E-state index contributed by atoms with van der Waals surface area (Å²) in [5, 5.41) is 4.48. The first-order valence-electron chi connectivity index (χ1n) is 7.77. The lowest BCUT2D eigenvalue weighted by atomic mass is 10.3. The van der Waals surface area contributed by atoms with Crippen molar-refractivity contribution in [2.45, 2.75) is 0 Å². The molecule has 1 aliphatic heterocycles. The number of nitrogens with zero attached hydrogens (tertiary/aromatic N) is 6. The smallest absolute Gasteiger partial charge is 0.225 e. The first-order valence-corrected chi connectivity index (χ1v) is 7.77. The first kappa shape index (κ1) is 13.8. The molecule has 0 bridgehead atoms. The lowest BCUT2D eigenvalue weighted by Crippen LogP contribution is -2.47. The van der Waals surface area contributed by atoms with Crippen LogP contribution in [0.1, 0.15) is 0 Å². The Hall–Kier alpha value is -2.89. The standard InChI is InChI=1S/C17H18N6/c1-2-5-15(6-3-1)23-14-16(13-20-23)21-9-11-22(12-10-21)17-18-7-4-8-19-17/h1-8,13-14H,9-12H2. The van der Waals surface area contributed by atoms with Crippen LogP contribution in [-0.4, -0.2) is 45.9 Å². The van der Waals surface area contributed by atoms with Gasteiger partial charge >= 0.3 is 0 Å². The zero-order valence-corrected chi connectivity index (χ0v) is 12.8. The van der Waals surface area contributed by atoms with Gasteiger partial charge in [0, 0.05) is 38.6 Å². The number of hydrogen-bond donors (Lipinski definition) is 0. The number of anilines is 2. The Morgan fingerprint density at radius 2 is 1.43 bits per heavy atom.